The Morgan fingerprint density at radius 2 is 1.75 bits per heavy atom. The van der Waals surface area contributed by atoms with Crippen molar-refractivity contribution in [1.82, 2.24) is 9.80 Å². The third-order valence-corrected chi connectivity index (χ3v) is 6.03. The Balaban J connectivity index is 0.00000208. The first-order valence-electron chi connectivity index (χ1n) is 8.54. The predicted octanol–water partition coefficient (Wildman–Crippen LogP) is 4.89. The van der Waals surface area contributed by atoms with Crippen LogP contribution in [0.25, 0.3) is 0 Å². The van der Waals surface area contributed by atoms with E-state index in [1.54, 1.807) is 18.2 Å². The van der Waals surface area contributed by atoms with Crippen LogP contribution in [0.4, 0.5) is 0 Å². The molecule has 1 heterocycles. The van der Waals surface area contributed by atoms with Crippen LogP contribution >= 0.6 is 35.6 Å². The Kier molecular flexibility index (Phi) is 7.23. The lowest BCUT2D eigenvalue weighted by molar-refractivity contribution is 0.0496. The number of hydrogen-bond donors (Lipinski definition) is 0. The normalized spacial score (nSPS) is 24.5. The van der Waals surface area contributed by atoms with Crippen LogP contribution in [-0.4, -0.2) is 47.9 Å². The summed E-state index contributed by atoms with van der Waals surface area (Å²) >= 11 is 12.0. The van der Waals surface area contributed by atoms with Crippen molar-refractivity contribution in [3.8, 4) is 0 Å². The molecule has 1 saturated heterocycles. The molecule has 24 heavy (non-hydrogen) atoms. The summed E-state index contributed by atoms with van der Waals surface area (Å²) in [6.07, 6.45) is 7.33. The molecule has 134 valence electrons. The second-order valence-electron chi connectivity index (χ2n) is 6.71. The molecule has 0 radical (unpaired) electrons. The van der Waals surface area contributed by atoms with Crippen LogP contribution in [-0.2, 0) is 0 Å². The molecule has 6 heteroatoms. The summed E-state index contributed by atoms with van der Waals surface area (Å²) in [4.78, 5) is 17.4. The highest BCUT2D eigenvalue weighted by Crippen LogP contribution is 2.30. The van der Waals surface area contributed by atoms with Crippen molar-refractivity contribution >= 4 is 41.5 Å². The SMILES string of the molecule is CN(C(=O)c1ccc(Cl)c(Cl)c1)C1CCCCC1N1CCCC1.Cl. The largest absolute Gasteiger partial charge is 0.337 e. The van der Waals surface area contributed by atoms with E-state index in [0.29, 0.717) is 27.7 Å². The molecule has 3 nitrogen and oxygen atoms in total. The quantitative estimate of drug-likeness (QED) is 0.732. The van der Waals surface area contributed by atoms with Gasteiger partial charge in [0.25, 0.3) is 5.91 Å². The smallest absolute Gasteiger partial charge is 0.253 e. The lowest BCUT2D eigenvalue weighted by Gasteiger charge is -2.42. The Bertz CT molecular complexity index is 575. The molecule has 0 spiro atoms. The number of likely N-dealkylation sites (tertiary alicyclic amines) is 1. The first-order chi connectivity index (χ1) is 11.1. The predicted molar refractivity (Wildman–Crippen MR) is 103 cm³/mol. The zero-order chi connectivity index (χ0) is 16.4. The number of halogens is 3. The second kappa shape index (κ2) is 8.75. The van der Waals surface area contributed by atoms with Crippen molar-refractivity contribution in [2.75, 3.05) is 20.1 Å². The van der Waals surface area contributed by atoms with Crippen LogP contribution in [0, 0.1) is 0 Å². The van der Waals surface area contributed by atoms with Gasteiger partial charge >= 0.3 is 0 Å². The van der Waals surface area contributed by atoms with E-state index in [4.69, 9.17) is 23.2 Å². The molecule has 2 aliphatic rings. The molecule has 2 unspecified atom stereocenters. The fourth-order valence-electron chi connectivity index (χ4n) is 4.03. The number of benzene rings is 1. The van der Waals surface area contributed by atoms with Crippen LogP contribution < -0.4 is 0 Å². The van der Waals surface area contributed by atoms with Crippen LogP contribution in [0.1, 0.15) is 48.9 Å². The van der Waals surface area contributed by atoms with Gasteiger partial charge in [0.15, 0.2) is 0 Å². The number of hydrogen-bond acceptors (Lipinski definition) is 2. The molecule has 2 fully saturated rings. The first-order valence-corrected chi connectivity index (χ1v) is 9.30. The van der Waals surface area contributed by atoms with E-state index < -0.39 is 0 Å². The van der Waals surface area contributed by atoms with Crippen molar-refractivity contribution in [2.45, 2.75) is 50.6 Å². The van der Waals surface area contributed by atoms with Gasteiger partial charge in [0.1, 0.15) is 0 Å². The second-order valence-corrected chi connectivity index (χ2v) is 7.52. The maximum atomic E-state index is 12.9. The molecule has 0 aromatic heterocycles. The van der Waals surface area contributed by atoms with Crippen LogP contribution in [0.5, 0.6) is 0 Å². The molecule has 0 N–H and O–H groups in total. The number of likely N-dealkylation sites (N-methyl/N-ethyl adjacent to an activating group) is 1. The van der Waals surface area contributed by atoms with Gasteiger partial charge in [-0.25, -0.2) is 0 Å². The minimum absolute atomic E-state index is 0. The number of nitrogens with zero attached hydrogens (tertiary/aromatic N) is 2. The van der Waals surface area contributed by atoms with Gasteiger partial charge in [-0.3, -0.25) is 9.69 Å². The van der Waals surface area contributed by atoms with Crippen molar-refractivity contribution in [2.24, 2.45) is 0 Å². The van der Waals surface area contributed by atoms with Gasteiger partial charge in [0, 0.05) is 24.7 Å². The number of amides is 1. The van der Waals surface area contributed by atoms with Crippen molar-refractivity contribution < 1.29 is 4.79 Å². The van der Waals surface area contributed by atoms with E-state index in [1.165, 1.54) is 45.2 Å². The van der Waals surface area contributed by atoms with Gasteiger partial charge in [0.05, 0.1) is 10.0 Å². The Hall–Kier alpha value is -0.480. The Labute approximate surface area is 160 Å². The molecule has 1 amide bonds. The number of carbonyl (C=O) groups is 1. The van der Waals surface area contributed by atoms with E-state index in [1.807, 2.05) is 11.9 Å². The van der Waals surface area contributed by atoms with Gasteiger partial charge < -0.3 is 4.90 Å². The molecule has 0 bridgehead atoms. The number of rotatable bonds is 3. The zero-order valence-corrected chi connectivity index (χ0v) is 16.3. The van der Waals surface area contributed by atoms with Gasteiger partial charge in [-0.2, -0.15) is 0 Å². The maximum absolute atomic E-state index is 12.9. The standard InChI is InChI=1S/C18H24Cl2N2O.ClH/c1-21(18(23)13-8-9-14(19)15(20)12-13)16-6-2-3-7-17(16)22-10-4-5-11-22;/h8-9,12,16-17H,2-7,10-11H2,1H3;1H. The summed E-state index contributed by atoms with van der Waals surface area (Å²) in [6.45, 7) is 2.35. The Morgan fingerprint density at radius 3 is 2.42 bits per heavy atom. The average molecular weight is 392 g/mol. The summed E-state index contributed by atoms with van der Waals surface area (Å²) in [5.74, 6) is 0.0414. The molecule has 3 rings (SSSR count). The molecule has 2 atom stereocenters. The molecule has 1 aromatic rings. The lowest BCUT2D eigenvalue weighted by atomic mass is 9.88. The molecule has 1 aliphatic heterocycles. The van der Waals surface area contributed by atoms with Crippen LogP contribution in [0.15, 0.2) is 18.2 Å². The van der Waals surface area contributed by atoms with Crippen molar-refractivity contribution in [3.05, 3.63) is 33.8 Å². The van der Waals surface area contributed by atoms with Gasteiger partial charge in [-0.1, -0.05) is 36.0 Å². The summed E-state index contributed by atoms with van der Waals surface area (Å²) in [5.41, 5.74) is 0.618. The fourth-order valence-corrected chi connectivity index (χ4v) is 4.32. The lowest BCUT2D eigenvalue weighted by Crippen LogP contribution is -2.53. The van der Waals surface area contributed by atoms with Crippen LogP contribution in [0.2, 0.25) is 10.0 Å². The summed E-state index contributed by atoms with van der Waals surface area (Å²) in [7, 11) is 1.93. The van der Waals surface area contributed by atoms with Gasteiger partial charge in [-0.15, -0.1) is 12.4 Å². The van der Waals surface area contributed by atoms with E-state index in [-0.39, 0.29) is 18.3 Å². The zero-order valence-electron chi connectivity index (χ0n) is 14.0. The molecular weight excluding hydrogens is 367 g/mol. The van der Waals surface area contributed by atoms with E-state index in [0.717, 1.165) is 6.42 Å². The third kappa shape index (κ3) is 4.19. The fraction of sp³-hybridized carbons (Fsp3) is 0.611. The molecular formula is C18H25Cl3N2O. The summed E-state index contributed by atoms with van der Waals surface area (Å²) < 4.78 is 0. The Morgan fingerprint density at radius 1 is 1.08 bits per heavy atom. The molecule has 1 aliphatic carbocycles. The monoisotopic (exact) mass is 390 g/mol. The van der Waals surface area contributed by atoms with Gasteiger partial charge in [-0.05, 0) is 57.0 Å². The topological polar surface area (TPSA) is 23.6 Å². The van der Waals surface area contributed by atoms with E-state index in [9.17, 15) is 4.79 Å². The minimum atomic E-state index is 0. The summed E-state index contributed by atoms with van der Waals surface area (Å²) in [5, 5.41) is 0.920. The highest BCUT2D eigenvalue weighted by molar-refractivity contribution is 6.42. The summed E-state index contributed by atoms with van der Waals surface area (Å²) in [6, 6.07) is 5.94. The van der Waals surface area contributed by atoms with Crippen LogP contribution in [0.3, 0.4) is 0 Å². The number of carbonyl (C=O) groups excluding carboxylic acids is 1. The van der Waals surface area contributed by atoms with E-state index in [2.05, 4.69) is 4.90 Å². The molecule has 1 aromatic carbocycles. The van der Waals surface area contributed by atoms with E-state index >= 15 is 0 Å². The van der Waals surface area contributed by atoms with Crippen molar-refractivity contribution in [3.63, 3.8) is 0 Å². The first kappa shape index (κ1) is 19.8. The highest BCUT2D eigenvalue weighted by Gasteiger charge is 2.35. The highest BCUT2D eigenvalue weighted by atomic mass is 35.5. The average Bonchev–Trinajstić information content (AvgIpc) is 3.10. The van der Waals surface area contributed by atoms with Crippen molar-refractivity contribution in [1.29, 1.82) is 0 Å². The molecule has 1 saturated carbocycles. The minimum Gasteiger partial charge on any atom is -0.337 e. The van der Waals surface area contributed by atoms with Gasteiger partial charge in [0.2, 0.25) is 0 Å². The third-order valence-electron chi connectivity index (χ3n) is 5.29. The maximum Gasteiger partial charge on any atom is 0.253 e.